The summed E-state index contributed by atoms with van der Waals surface area (Å²) in [6.45, 7) is 4.98. The van der Waals surface area contributed by atoms with E-state index in [0.717, 1.165) is 51.5 Å². The summed E-state index contributed by atoms with van der Waals surface area (Å²) in [5.41, 5.74) is 1.29. The number of aromatic nitrogens is 1. The van der Waals surface area contributed by atoms with E-state index in [2.05, 4.69) is 16.0 Å². The Hall–Kier alpha value is -1.42. The number of nitrogens with zero attached hydrogens (tertiary/aromatic N) is 2. The Balaban J connectivity index is 1.38. The van der Waals surface area contributed by atoms with Gasteiger partial charge < -0.3 is 9.80 Å². The zero-order chi connectivity index (χ0) is 15.2. The molecule has 1 aliphatic heterocycles. The minimum absolute atomic E-state index is 0.382. The second-order valence-corrected chi connectivity index (χ2v) is 6.86. The van der Waals surface area contributed by atoms with Gasteiger partial charge in [0.25, 0.3) is 0 Å². The van der Waals surface area contributed by atoms with Crippen molar-refractivity contribution in [2.75, 3.05) is 26.2 Å². The van der Waals surface area contributed by atoms with Crippen LogP contribution in [0, 0.1) is 5.92 Å². The molecule has 4 heteroatoms. The molecule has 120 valence electrons. The van der Waals surface area contributed by atoms with E-state index in [1.165, 1.54) is 31.2 Å². The highest BCUT2D eigenvalue weighted by Gasteiger charge is 2.24. The first kappa shape index (κ1) is 15.5. The molecule has 0 atom stereocenters. The average Bonchev–Trinajstić information content (AvgIpc) is 3.08. The number of piperazine rings is 1. The van der Waals surface area contributed by atoms with Gasteiger partial charge in [-0.2, -0.15) is 0 Å². The second kappa shape index (κ2) is 7.73. The summed E-state index contributed by atoms with van der Waals surface area (Å²) in [5.74, 6) is 1.20. The lowest BCUT2D eigenvalue weighted by atomic mass is 10.0. The molecule has 4 nitrogen and oxygen atoms in total. The Labute approximate surface area is 133 Å². The number of hydrogen-bond acceptors (Lipinski definition) is 2. The van der Waals surface area contributed by atoms with Gasteiger partial charge in [-0.3, -0.25) is 9.78 Å². The van der Waals surface area contributed by atoms with E-state index in [-0.39, 0.29) is 0 Å². The summed E-state index contributed by atoms with van der Waals surface area (Å²) in [6, 6.07) is 4.14. The van der Waals surface area contributed by atoms with Crippen molar-refractivity contribution in [1.82, 2.24) is 9.88 Å². The lowest BCUT2D eigenvalue weighted by Crippen LogP contribution is -3.13. The van der Waals surface area contributed by atoms with Gasteiger partial charge in [0.15, 0.2) is 0 Å². The largest absolute Gasteiger partial charge is 0.331 e. The second-order valence-electron chi connectivity index (χ2n) is 6.86. The van der Waals surface area contributed by atoms with Crippen LogP contribution in [0.3, 0.4) is 0 Å². The van der Waals surface area contributed by atoms with Crippen molar-refractivity contribution in [3.05, 3.63) is 30.1 Å². The van der Waals surface area contributed by atoms with Crippen LogP contribution in [-0.4, -0.2) is 42.0 Å². The Morgan fingerprint density at radius 3 is 2.73 bits per heavy atom. The molecule has 1 amide bonds. The summed E-state index contributed by atoms with van der Waals surface area (Å²) in [7, 11) is 0. The molecule has 0 unspecified atom stereocenters. The molecule has 2 aliphatic rings. The fraction of sp³-hybridized carbons (Fsp3) is 0.667. The van der Waals surface area contributed by atoms with Crippen molar-refractivity contribution >= 4 is 5.91 Å². The number of pyridine rings is 1. The van der Waals surface area contributed by atoms with Crippen LogP contribution in [0.4, 0.5) is 0 Å². The molecule has 2 heterocycles. The van der Waals surface area contributed by atoms with E-state index in [9.17, 15) is 4.79 Å². The minimum Gasteiger partial charge on any atom is -0.331 e. The van der Waals surface area contributed by atoms with E-state index in [4.69, 9.17) is 0 Å². The van der Waals surface area contributed by atoms with Crippen molar-refractivity contribution in [3.8, 4) is 0 Å². The van der Waals surface area contributed by atoms with E-state index >= 15 is 0 Å². The van der Waals surface area contributed by atoms with Crippen LogP contribution >= 0.6 is 0 Å². The highest BCUT2D eigenvalue weighted by atomic mass is 16.2. The van der Waals surface area contributed by atoms with Crippen LogP contribution in [0.1, 0.15) is 44.1 Å². The van der Waals surface area contributed by atoms with Crippen molar-refractivity contribution in [3.63, 3.8) is 0 Å². The van der Waals surface area contributed by atoms with Crippen LogP contribution in [0.25, 0.3) is 0 Å². The topological polar surface area (TPSA) is 37.6 Å². The highest BCUT2D eigenvalue weighted by Crippen LogP contribution is 2.28. The number of nitrogens with one attached hydrogen (secondary N) is 1. The van der Waals surface area contributed by atoms with Crippen LogP contribution in [-0.2, 0) is 11.3 Å². The lowest BCUT2D eigenvalue weighted by molar-refractivity contribution is -0.917. The minimum atomic E-state index is 0.382. The molecule has 0 spiro atoms. The third-order valence-electron chi connectivity index (χ3n) is 5.24. The number of amides is 1. The maximum atomic E-state index is 12.3. The van der Waals surface area contributed by atoms with E-state index in [1.807, 2.05) is 18.5 Å². The third kappa shape index (κ3) is 4.29. The summed E-state index contributed by atoms with van der Waals surface area (Å²) < 4.78 is 0. The van der Waals surface area contributed by atoms with Gasteiger partial charge in [-0.15, -0.1) is 0 Å². The SMILES string of the molecule is O=C(CCC1CCCC1)N1CC[NH+](Cc2cccnc2)CC1. The number of hydrogen-bond donors (Lipinski definition) is 1. The lowest BCUT2D eigenvalue weighted by Gasteiger charge is -2.32. The number of carbonyl (C=O) groups is 1. The molecular weight excluding hydrogens is 274 g/mol. The Morgan fingerprint density at radius 2 is 2.05 bits per heavy atom. The van der Waals surface area contributed by atoms with E-state index < -0.39 is 0 Å². The smallest absolute Gasteiger partial charge is 0.222 e. The third-order valence-corrected chi connectivity index (χ3v) is 5.24. The van der Waals surface area contributed by atoms with Gasteiger partial charge in [0.1, 0.15) is 6.54 Å². The van der Waals surface area contributed by atoms with Crippen molar-refractivity contribution in [1.29, 1.82) is 0 Å². The monoisotopic (exact) mass is 302 g/mol. The van der Waals surface area contributed by atoms with Crippen LogP contribution in [0.2, 0.25) is 0 Å². The van der Waals surface area contributed by atoms with Crippen molar-refractivity contribution in [2.45, 2.75) is 45.1 Å². The van der Waals surface area contributed by atoms with Gasteiger partial charge in [0.2, 0.25) is 5.91 Å². The molecule has 2 fully saturated rings. The Kier molecular flexibility index (Phi) is 5.43. The quantitative estimate of drug-likeness (QED) is 0.890. The predicted octanol–water partition coefficient (Wildman–Crippen LogP) is 1.28. The number of rotatable bonds is 5. The molecule has 22 heavy (non-hydrogen) atoms. The first-order valence-electron chi connectivity index (χ1n) is 8.81. The standard InChI is InChI=1S/C18H27N3O/c22-18(8-7-16-4-1-2-5-16)21-12-10-20(11-13-21)15-17-6-3-9-19-14-17/h3,6,9,14,16H,1-2,4-5,7-8,10-13,15H2/p+1. The van der Waals surface area contributed by atoms with Crippen LogP contribution in [0.15, 0.2) is 24.5 Å². The normalized spacial score (nSPS) is 20.5. The zero-order valence-electron chi connectivity index (χ0n) is 13.5. The summed E-state index contributed by atoms with van der Waals surface area (Å²) >= 11 is 0. The first-order valence-corrected chi connectivity index (χ1v) is 8.81. The fourth-order valence-corrected chi connectivity index (χ4v) is 3.83. The molecule has 0 aromatic carbocycles. The van der Waals surface area contributed by atoms with E-state index in [1.54, 1.807) is 4.90 Å². The molecule has 1 aromatic heterocycles. The summed E-state index contributed by atoms with van der Waals surface area (Å²) in [6.07, 6.45) is 11.1. The molecule has 1 saturated carbocycles. The molecule has 3 rings (SSSR count). The van der Waals surface area contributed by atoms with Gasteiger partial charge >= 0.3 is 0 Å². The van der Waals surface area contributed by atoms with Crippen LogP contribution in [0.5, 0.6) is 0 Å². The number of quaternary nitrogens is 1. The van der Waals surface area contributed by atoms with E-state index in [0.29, 0.717) is 5.91 Å². The van der Waals surface area contributed by atoms with Crippen molar-refractivity contribution in [2.24, 2.45) is 5.92 Å². The molecule has 1 saturated heterocycles. The molecule has 1 N–H and O–H groups in total. The Morgan fingerprint density at radius 1 is 1.27 bits per heavy atom. The summed E-state index contributed by atoms with van der Waals surface area (Å²) in [5, 5.41) is 0. The molecular formula is C18H28N3O+. The maximum Gasteiger partial charge on any atom is 0.222 e. The average molecular weight is 302 g/mol. The number of carbonyl (C=O) groups excluding carboxylic acids is 1. The maximum absolute atomic E-state index is 12.3. The van der Waals surface area contributed by atoms with Gasteiger partial charge in [-0.05, 0) is 18.4 Å². The van der Waals surface area contributed by atoms with Crippen LogP contribution < -0.4 is 4.90 Å². The van der Waals surface area contributed by atoms with Gasteiger partial charge in [0, 0.05) is 24.4 Å². The van der Waals surface area contributed by atoms with Gasteiger partial charge in [0.05, 0.1) is 26.2 Å². The summed E-state index contributed by atoms with van der Waals surface area (Å²) in [4.78, 5) is 20.2. The molecule has 0 radical (unpaired) electrons. The van der Waals surface area contributed by atoms with Gasteiger partial charge in [-0.25, -0.2) is 0 Å². The molecule has 1 aromatic rings. The van der Waals surface area contributed by atoms with Crippen molar-refractivity contribution < 1.29 is 9.69 Å². The molecule has 0 bridgehead atoms. The Bertz CT molecular complexity index is 462. The zero-order valence-corrected chi connectivity index (χ0v) is 13.5. The molecule has 1 aliphatic carbocycles. The fourth-order valence-electron chi connectivity index (χ4n) is 3.83. The predicted molar refractivity (Wildman–Crippen MR) is 86.4 cm³/mol. The first-order chi connectivity index (χ1) is 10.8. The van der Waals surface area contributed by atoms with Gasteiger partial charge in [-0.1, -0.05) is 31.7 Å². The highest BCUT2D eigenvalue weighted by molar-refractivity contribution is 5.76.